The first-order chi connectivity index (χ1) is 11.9. The molecule has 0 fully saturated rings. The highest BCUT2D eigenvalue weighted by Gasteiger charge is 2.16. The minimum atomic E-state index is -3.63. The molecule has 1 aromatic heterocycles. The predicted molar refractivity (Wildman–Crippen MR) is 101 cm³/mol. The molecule has 5 nitrogen and oxygen atoms in total. The molecule has 25 heavy (non-hydrogen) atoms. The molecule has 2 N–H and O–H groups in total. The Morgan fingerprint density at radius 1 is 0.840 bits per heavy atom. The third-order valence-corrected chi connectivity index (χ3v) is 5.26. The van der Waals surface area contributed by atoms with E-state index in [9.17, 15) is 8.42 Å². The number of nitrogens with one attached hydrogen (secondary N) is 2. The molecule has 0 radical (unpaired) electrons. The average Bonchev–Trinajstić information content (AvgIpc) is 2.59. The lowest BCUT2D eigenvalue weighted by Crippen LogP contribution is -2.14. The van der Waals surface area contributed by atoms with Crippen molar-refractivity contribution in [1.82, 2.24) is 4.98 Å². The molecule has 128 valence electrons. The Morgan fingerprint density at radius 2 is 1.52 bits per heavy atom. The average molecular weight is 353 g/mol. The topological polar surface area (TPSA) is 71.1 Å². The van der Waals surface area contributed by atoms with Gasteiger partial charge in [0.2, 0.25) is 0 Å². The zero-order valence-corrected chi connectivity index (χ0v) is 14.8. The predicted octanol–water partition coefficient (Wildman–Crippen LogP) is 4.24. The maximum absolute atomic E-state index is 12.5. The van der Waals surface area contributed by atoms with Crippen LogP contribution in [0.5, 0.6) is 0 Å². The summed E-state index contributed by atoms with van der Waals surface area (Å²) in [7, 11) is -3.63. The van der Waals surface area contributed by atoms with Crippen LogP contribution in [-0.2, 0) is 10.0 Å². The van der Waals surface area contributed by atoms with Gasteiger partial charge < -0.3 is 5.32 Å². The van der Waals surface area contributed by atoms with Gasteiger partial charge in [0, 0.05) is 5.69 Å². The van der Waals surface area contributed by atoms with Crippen LogP contribution in [0.3, 0.4) is 0 Å². The summed E-state index contributed by atoms with van der Waals surface area (Å²) >= 11 is 0. The molecule has 0 amide bonds. The van der Waals surface area contributed by atoms with Crippen LogP contribution in [0.15, 0.2) is 71.8 Å². The summed E-state index contributed by atoms with van der Waals surface area (Å²) in [6.07, 6.45) is 1.49. The second-order valence-electron chi connectivity index (χ2n) is 5.79. The van der Waals surface area contributed by atoms with Crippen molar-refractivity contribution >= 4 is 27.2 Å². The van der Waals surface area contributed by atoms with Crippen molar-refractivity contribution < 1.29 is 8.42 Å². The zero-order valence-electron chi connectivity index (χ0n) is 14.0. The number of benzene rings is 2. The fraction of sp³-hybridized carbons (Fsp3) is 0.105. The molecule has 0 spiro atoms. The van der Waals surface area contributed by atoms with Crippen LogP contribution < -0.4 is 10.0 Å². The largest absolute Gasteiger partial charge is 0.340 e. The highest BCUT2D eigenvalue weighted by molar-refractivity contribution is 7.92. The van der Waals surface area contributed by atoms with Gasteiger partial charge in [-0.15, -0.1) is 0 Å². The quantitative estimate of drug-likeness (QED) is 0.719. The van der Waals surface area contributed by atoms with Crippen LogP contribution in [0.25, 0.3) is 0 Å². The maximum atomic E-state index is 12.5. The first-order valence-electron chi connectivity index (χ1n) is 7.82. The fourth-order valence-electron chi connectivity index (χ4n) is 2.38. The summed E-state index contributed by atoms with van der Waals surface area (Å²) in [5, 5.41) is 3.17. The Kier molecular flexibility index (Phi) is 4.72. The number of hydrogen-bond acceptors (Lipinski definition) is 4. The summed E-state index contributed by atoms with van der Waals surface area (Å²) in [5.74, 6) is 0.641. The normalized spacial score (nSPS) is 11.1. The van der Waals surface area contributed by atoms with Gasteiger partial charge in [0.15, 0.2) is 0 Å². The van der Waals surface area contributed by atoms with Gasteiger partial charge in [-0.3, -0.25) is 4.72 Å². The number of pyridine rings is 1. The van der Waals surface area contributed by atoms with Crippen LogP contribution >= 0.6 is 0 Å². The number of nitrogens with zero attached hydrogens (tertiary/aromatic N) is 1. The molecule has 0 unspecified atom stereocenters. The Labute approximate surface area is 147 Å². The standard InChI is InChI=1S/C19H19N3O2S/c1-14-7-9-16(10-8-14)21-19-12-11-17(13-20-19)22-25(23,24)18-6-4-3-5-15(18)2/h3-13,22H,1-2H3,(H,20,21). The van der Waals surface area contributed by atoms with Crippen molar-refractivity contribution in [2.45, 2.75) is 18.7 Å². The van der Waals surface area contributed by atoms with Crippen LogP contribution in [0.2, 0.25) is 0 Å². The van der Waals surface area contributed by atoms with Gasteiger partial charge in [0.1, 0.15) is 5.82 Å². The van der Waals surface area contributed by atoms with Gasteiger partial charge in [-0.05, 0) is 49.7 Å². The first kappa shape index (κ1) is 17.0. The lowest BCUT2D eigenvalue weighted by atomic mass is 10.2. The molecule has 0 aliphatic rings. The minimum Gasteiger partial charge on any atom is -0.340 e. The van der Waals surface area contributed by atoms with Crippen molar-refractivity contribution in [1.29, 1.82) is 0 Å². The van der Waals surface area contributed by atoms with Crippen molar-refractivity contribution in [3.8, 4) is 0 Å². The summed E-state index contributed by atoms with van der Waals surface area (Å²) in [6, 6.07) is 18.2. The van der Waals surface area contributed by atoms with Gasteiger partial charge in [0.25, 0.3) is 10.0 Å². The van der Waals surface area contributed by atoms with E-state index in [2.05, 4.69) is 15.0 Å². The summed E-state index contributed by atoms with van der Waals surface area (Å²) in [6.45, 7) is 3.79. The molecule has 6 heteroatoms. The number of rotatable bonds is 5. The maximum Gasteiger partial charge on any atom is 0.262 e. The molecule has 3 rings (SSSR count). The van der Waals surface area contributed by atoms with Crippen LogP contribution in [0.4, 0.5) is 17.2 Å². The molecule has 0 atom stereocenters. The van der Waals surface area contributed by atoms with E-state index < -0.39 is 10.0 Å². The first-order valence-corrected chi connectivity index (χ1v) is 9.30. The smallest absolute Gasteiger partial charge is 0.262 e. The molecule has 0 aliphatic heterocycles. The van der Waals surface area contributed by atoms with E-state index in [4.69, 9.17) is 0 Å². The van der Waals surface area contributed by atoms with Crippen LogP contribution in [-0.4, -0.2) is 13.4 Å². The molecule has 3 aromatic rings. The third-order valence-electron chi connectivity index (χ3n) is 3.72. The van der Waals surface area contributed by atoms with Gasteiger partial charge >= 0.3 is 0 Å². The summed E-state index contributed by atoms with van der Waals surface area (Å²) < 4.78 is 27.5. The Balaban J connectivity index is 1.74. The number of anilines is 3. The molecule has 1 heterocycles. The van der Waals surface area contributed by atoms with Gasteiger partial charge in [-0.25, -0.2) is 13.4 Å². The summed E-state index contributed by atoms with van der Waals surface area (Å²) in [4.78, 5) is 4.52. The lowest BCUT2D eigenvalue weighted by Gasteiger charge is -2.11. The number of hydrogen-bond donors (Lipinski definition) is 2. The van der Waals surface area contributed by atoms with Gasteiger partial charge in [-0.1, -0.05) is 35.9 Å². The molecule has 0 saturated carbocycles. The van der Waals surface area contributed by atoms with E-state index in [0.717, 1.165) is 5.69 Å². The Bertz CT molecular complexity index is 966. The molecule has 0 aliphatic carbocycles. The van der Waals surface area contributed by atoms with E-state index in [1.54, 1.807) is 43.3 Å². The number of aromatic nitrogens is 1. The Morgan fingerprint density at radius 3 is 2.16 bits per heavy atom. The van der Waals surface area contributed by atoms with E-state index in [-0.39, 0.29) is 4.90 Å². The highest BCUT2D eigenvalue weighted by atomic mass is 32.2. The van der Waals surface area contributed by atoms with Crippen molar-refractivity contribution in [3.63, 3.8) is 0 Å². The second-order valence-corrected chi connectivity index (χ2v) is 7.44. The fourth-order valence-corrected chi connectivity index (χ4v) is 3.67. The minimum absolute atomic E-state index is 0.261. The van der Waals surface area contributed by atoms with Gasteiger partial charge in [-0.2, -0.15) is 0 Å². The lowest BCUT2D eigenvalue weighted by molar-refractivity contribution is 0.600. The van der Waals surface area contributed by atoms with Crippen molar-refractivity contribution in [2.75, 3.05) is 10.0 Å². The van der Waals surface area contributed by atoms with Crippen molar-refractivity contribution in [2.24, 2.45) is 0 Å². The highest BCUT2D eigenvalue weighted by Crippen LogP contribution is 2.20. The molecule has 2 aromatic carbocycles. The monoisotopic (exact) mass is 353 g/mol. The second kappa shape index (κ2) is 6.94. The Hall–Kier alpha value is -2.86. The van der Waals surface area contributed by atoms with Crippen LogP contribution in [0, 0.1) is 13.8 Å². The molecule has 0 saturated heterocycles. The van der Waals surface area contributed by atoms with E-state index in [1.807, 2.05) is 31.2 Å². The molecular weight excluding hydrogens is 334 g/mol. The SMILES string of the molecule is Cc1ccc(Nc2ccc(NS(=O)(=O)c3ccccc3C)cn2)cc1. The molecular formula is C19H19N3O2S. The molecule has 0 bridgehead atoms. The number of sulfonamides is 1. The zero-order chi connectivity index (χ0) is 17.9. The summed E-state index contributed by atoms with van der Waals surface area (Å²) in [5.41, 5.74) is 3.21. The van der Waals surface area contributed by atoms with Gasteiger partial charge in [0.05, 0.1) is 16.8 Å². The third kappa shape index (κ3) is 4.16. The number of aryl methyl sites for hydroxylation is 2. The van der Waals surface area contributed by atoms with E-state index in [0.29, 0.717) is 17.1 Å². The van der Waals surface area contributed by atoms with Crippen LogP contribution in [0.1, 0.15) is 11.1 Å². The van der Waals surface area contributed by atoms with E-state index >= 15 is 0 Å². The van der Waals surface area contributed by atoms with Crippen molar-refractivity contribution in [3.05, 3.63) is 78.0 Å². The van der Waals surface area contributed by atoms with E-state index in [1.165, 1.54) is 11.8 Å².